The number of carbonyl (C=O) groups is 1. The molecule has 0 amide bonds. The number of esters is 1. The van der Waals surface area contributed by atoms with Crippen LogP contribution in [-0.2, 0) is 34.4 Å². The lowest BCUT2D eigenvalue weighted by molar-refractivity contribution is -0.141. The predicted molar refractivity (Wildman–Crippen MR) is 99.4 cm³/mol. The Morgan fingerprint density at radius 2 is 2.14 bits per heavy atom. The molecule has 1 atom stereocenters. The third kappa shape index (κ3) is 5.05. The summed E-state index contributed by atoms with van der Waals surface area (Å²) in [6.45, 7) is 2.79. The summed E-state index contributed by atoms with van der Waals surface area (Å²) < 4.78 is 35.5. The zero-order valence-electron chi connectivity index (χ0n) is 15.8. The maximum absolute atomic E-state index is 12.6. The number of hydrogen-bond acceptors (Lipinski definition) is 10. The van der Waals surface area contributed by atoms with E-state index >= 15 is 0 Å². The third-order valence-corrected chi connectivity index (χ3v) is 5.95. The van der Waals surface area contributed by atoms with Gasteiger partial charge in [-0.05, 0) is 13.3 Å². The Morgan fingerprint density at radius 1 is 1.39 bits per heavy atom. The topological polar surface area (TPSA) is 141 Å². The maximum atomic E-state index is 12.6. The van der Waals surface area contributed by atoms with Crippen molar-refractivity contribution in [3.05, 3.63) is 12.7 Å². The Bertz CT molecular complexity index is 862. The highest BCUT2D eigenvalue weighted by Crippen LogP contribution is 2.52. The quantitative estimate of drug-likeness (QED) is 0.501. The molecule has 1 aliphatic heterocycles. The van der Waals surface area contributed by atoms with Gasteiger partial charge in [0, 0.05) is 12.3 Å². The molecule has 0 spiro atoms. The number of hydrogen-bond donors (Lipinski definition) is 1. The van der Waals surface area contributed by atoms with Gasteiger partial charge in [-0.15, -0.1) is 0 Å². The SMILES string of the molecule is COC(=O)CCC1COP(=O)(CO[C@H](C)Cn2cnc3c(N)ncnc32)OC1. The summed E-state index contributed by atoms with van der Waals surface area (Å²) in [5, 5.41) is 0. The van der Waals surface area contributed by atoms with E-state index < -0.39 is 7.60 Å². The first-order valence-electron chi connectivity index (χ1n) is 8.88. The normalized spacial score (nSPS) is 23.6. The molecule has 0 bridgehead atoms. The Morgan fingerprint density at radius 3 is 2.86 bits per heavy atom. The maximum Gasteiger partial charge on any atom is 0.356 e. The number of anilines is 1. The summed E-state index contributed by atoms with van der Waals surface area (Å²) in [5.41, 5.74) is 6.91. The van der Waals surface area contributed by atoms with Gasteiger partial charge in [0.15, 0.2) is 11.5 Å². The van der Waals surface area contributed by atoms with Gasteiger partial charge in [-0.3, -0.25) is 9.36 Å². The van der Waals surface area contributed by atoms with Gasteiger partial charge in [0.25, 0.3) is 0 Å². The van der Waals surface area contributed by atoms with Gasteiger partial charge in [0.05, 0.1) is 39.3 Å². The fourth-order valence-electron chi connectivity index (χ4n) is 2.77. The highest BCUT2D eigenvalue weighted by Gasteiger charge is 2.33. The van der Waals surface area contributed by atoms with Crippen LogP contribution in [0.4, 0.5) is 5.82 Å². The fourth-order valence-corrected chi connectivity index (χ4v) is 4.31. The Balaban J connectivity index is 1.46. The molecule has 2 aromatic rings. The number of fused-ring (bicyclic) bond motifs is 1. The van der Waals surface area contributed by atoms with Crippen LogP contribution in [0.2, 0.25) is 0 Å². The van der Waals surface area contributed by atoms with Crippen LogP contribution in [-0.4, -0.2) is 58.3 Å². The second-order valence-electron chi connectivity index (χ2n) is 6.62. The van der Waals surface area contributed by atoms with Crippen molar-refractivity contribution in [1.29, 1.82) is 0 Å². The molecule has 2 aromatic heterocycles. The van der Waals surface area contributed by atoms with E-state index in [1.807, 2.05) is 6.92 Å². The second kappa shape index (κ2) is 8.95. The third-order valence-electron chi connectivity index (χ3n) is 4.40. The van der Waals surface area contributed by atoms with Crippen molar-refractivity contribution in [2.75, 3.05) is 32.4 Å². The molecule has 12 heteroatoms. The van der Waals surface area contributed by atoms with Crippen LogP contribution < -0.4 is 5.73 Å². The minimum Gasteiger partial charge on any atom is -0.469 e. The number of ether oxygens (including phenoxy) is 2. The average Bonchev–Trinajstić information content (AvgIpc) is 3.10. The highest BCUT2D eigenvalue weighted by molar-refractivity contribution is 7.53. The molecular formula is C16H24N5O6P. The molecule has 0 aromatic carbocycles. The molecule has 2 N–H and O–H groups in total. The molecular weight excluding hydrogens is 389 g/mol. The zero-order valence-corrected chi connectivity index (χ0v) is 16.7. The van der Waals surface area contributed by atoms with Crippen LogP contribution >= 0.6 is 7.60 Å². The van der Waals surface area contributed by atoms with Crippen molar-refractivity contribution >= 4 is 30.5 Å². The van der Waals surface area contributed by atoms with Gasteiger partial charge in [0.1, 0.15) is 18.2 Å². The molecule has 0 saturated carbocycles. The summed E-state index contributed by atoms with van der Waals surface area (Å²) in [6.07, 6.45) is 3.38. The Labute approximate surface area is 162 Å². The number of aromatic nitrogens is 4. The lowest BCUT2D eigenvalue weighted by Crippen LogP contribution is -2.25. The lowest BCUT2D eigenvalue weighted by Gasteiger charge is -2.29. The summed E-state index contributed by atoms with van der Waals surface area (Å²) in [6, 6.07) is 0. The molecule has 11 nitrogen and oxygen atoms in total. The molecule has 28 heavy (non-hydrogen) atoms. The fraction of sp³-hybridized carbons (Fsp3) is 0.625. The molecule has 154 valence electrons. The van der Waals surface area contributed by atoms with Crippen LogP contribution in [0.25, 0.3) is 11.2 Å². The summed E-state index contributed by atoms with van der Waals surface area (Å²) >= 11 is 0. The zero-order chi connectivity index (χ0) is 20.1. The number of nitrogens with zero attached hydrogens (tertiary/aromatic N) is 4. The minimum atomic E-state index is -3.31. The monoisotopic (exact) mass is 413 g/mol. The number of rotatable bonds is 8. The molecule has 3 heterocycles. The van der Waals surface area contributed by atoms with Crippen molar-refractivity contribution in [2.45, 2.75) is 32.4 Å². The van der Waals surface area contributed by atoms with E-state index in [1.54, 1.807) is 10.9 Å². The highest BCUT2D eigenvalue weighted by atomic mass is 31.2. The van der Waals surface area contributed by atoms with E-state index in [9.17, 15) is 9.36 Å². The van der Waals surface area contributed by atoms with Gasteiger partial charge in [-0.1, -0.05) is 0 Å². The van der Waals surface area contributed by atoms with Crippen LogP contribution in [0, 0.1) is 5.92 Å². The number of imidazole rings is 1. The van der Waals surface area contributed by atoms with E-state index in [1.165, 1.54) is 13.4 Å². The molecule has 1 saturated heterocycles. The van der Waals surface area contributed by atoms with Gasteiger partial charge >= 0.3 is 13.6 Å². The van der Waals surface area contributed by atoms with Crippen molar-refractivity contribution in [2.24, 2.45) is 5.92 Å². The number of nitrogen functional groups attached to an aromatic ring is 1. The lowest BCUT2D eigenvalue weighted by atomic mass is 10.1. The van der Waals surface area contributed by atoms with Crippen LogP contribution in [0.1, 0.15) is 19.8 Å². The summed E-state index contributed by atoms with van der Waals surface area (Å²) in [7, 11) is -1.97. The van der Waals surface area contributed by atoms with E-state index in [-0.39, 0.29) is 44.0 Å². The van der Waals surface area contributed by atoms with E-state index in [2.05, 4.69) is 19.7 Å². The summed E-state index contributed by atoms with van der Waals surface area (Å²) in [5.74, 6) is 0.0264. The van der Waals surface area contributed by atoms with Gasteiger partial charge in [-0.25, -0.2) is 15.0 Å². The second-order valence-corrected chi connectivity index (χ2v) is 8.61. The van der Waals surface area contributed by atoms with E-state index in [4.69, 9.17) is 19.5 Å². The standard InChI is InChI=1S/C16H24N5O6P/c1-11(5-21-9-20-14-15(17)18-8-19-16(14)21)25-10-28(23)26-6-12(7-27-28)3-4-13(22)24-2/h8-9,11-12H,3-7,10H2,1-2H3,(H2,17,18,19)/t11-,12?,28?/m1/s1. The van der Waals surface area contributed by atoms with E-state index in [0.717, 1.165) is 0 Å². The molecule has 0 radical (unpaired) electrons. The van der Waals surface area contributed by atoms with Crippen LogP contribution in [0.3, 0.4) is 0 Å². The number of carbonyl (C=O) groups excluding carboxylic acids is 1. The first-order valence-corrected chi connectivity index (χ1v) is 10.6. The molecule has 1 aliphatic rings. The molecule has 0 aliphatic carbocycles. The smallest absolute Gasteiger partial charge is 0.356 e. The first-order chi connectivity index (χ1) is 13.4. The van der Waals surface area contributed by atoms with Crippen molar-refractivity contribution in [3.63, 3.8) is 0 Å². The number of nitrogens with two attached hydrogens (primary N) is 1. The predicted octanol–water partition coefficient (Wildman–Crippen LogP) is 1.58. The van der Waals surface area contributed by atoms with Crippen molar-refractivity contribution in [3.8, 4) is 0 Å². The van der Waals surface area contributed by atoms with Gasteiger partial charge in [0.2, 0.25) is 0 Å². The molecule has 3 rings (SSSR count). The molecule has 0 unspecified atom stereocenters. The minimum absolute atomic E-state index is 0.000976. The van der Waals surface area contributed by atoms with Gasteiger partial charge in [-0.2, -0.15) is 0 Å². The Kier molecular flexibility index (Phi) is 6.61. The largest absolute Gasteiger partial charge is 0.469 e. The average molecular weight is 413 g/mol. The van der Waals surface area contributed by atoms with Gasteiger partial charge < -0.3 is 28.8 Å². The first kappa shape index (κ1) is 20.7. The van der Waals surface area contributed by atoms with Crippen LogP contribution in [0.5, 0.6) is 0 Å². The number of methoxy groups -OCH3 is 1. The van der Waals surface area contributed by atoms with Crippen LogP contribution in [0.15, 0.2) is 12.7 Å². The summed E-state index contributed by atoms with van der Waals surface area (Å²) in [4.78, 5) is 23.5. The Hall–Kier alpha value is -2.07. The van der Waals surface area contributed by atoms with Crippen molar-refractivity contribution in [1.82, 2.24) is 19.5 Å². The van der Waals surface area contributed by atoms with Crippen molar-refractivity contribution < 1.29 is 27.9 Å². The van der Waals surface area contributed by atoms with E-state index in [0.29, 0.717) is 29.9 Å². The molecule has 1 fully saturated rings.